The smallest absolute Gasteiger partial charge is 0.231 e. The van der Waals surface area contributed by atoms with E-state index in [2.05, 4.69) is 30.3 Å². The molecule has 7 rings (SSSR count). The molecule has 3 saturated heterocycles. The van der Waals surface area contributed by atoms with Gasteiger partial charge in [-0.15, -0.1) is 0 Å². The number of aliphatic hydroxyl groups is 1. The summed E-state index contributed by atoms with van der Waals surface area (Å²) >= 11 is 0. The Kier molecular flexibility index (Phi) is 7.69. The van der Waals surface area contributed by atoms with E-state index in [9.17, 15) is 5.11 Å². The van der Waals surface area contributed by atoms with Gasteiger partial charge in [0, 0.05) is 24.7 Å². The Hall–Kier alpha value is -2.47. The number of oxazole rings is 1. The van der Waals surface area contributed by atoms with Gasteiger partial charge in [-0.1, -0.05) is 92.8 Å². The number of aromatic nitrogens is 1. The zero-order chi connectivity index (χ0) is 25.8. The number of benzene rings is 2. The topological polar surface area (TPSA) is 55.5 Å². The quantitative estimate of drug-likeness (QED) is 0.344. The van der Waals surface area contributed by atoms with Crippen LogP contribution in [0.2, 0.25) is 0 Å². The Labute approximate surface area is 227 Å². The zero-order valence-corrected chi connectivity index (χ0v) is 22.6. The van der Waals surface area contributed by atoms with Crippen molar-refractivity contribution in [3.8, 4) is 0 Å². The van der Waals surface area contributed by atoms with Crippen LogP contribution in [0.15, 0.2) is 71.3 Å². The van der Waals surface area contributed by atoms with Gasteiger partial charge in [0.05, 0.1) is 25.9 Å². The van der Waals surface area contributed by atoms with Crippen molar-refractivity contribution >= 4 is 0 Å². The number of hydrogen-bond donors (Lipinski definition) is 1. The molecule has 4 heterocycles. The second-order valence-corrected chi connectivity index (χ2v) is 12.1. The van der Waals surface area contributed by atoms with Crippen molar-refractivity contribution in [2.75, 3.05) is 19.6 Å². The van der Waals surface area contributed by atoms with Gasteiger partial charge in [-0.3, -0.25) is 0 Å². The minimum Gasteiger partial charge on any atom is -0.436 e. The van der Waals surface area contributed by atoms with Gasteiger partial charge in [0.2, 0.25) is 5.89 Å². The van der Waals surface area contributed by atoms with Crippen LogP contribution in [0.4, 0.5) is 0 Å². The predicted octanol–water partition coefficient (Wildman–Crippen LogP) is 6.60. The van der Waals surface area contributed by atoms with Gasteiger partial charge >= 0.3 is 0 Å². The van der Waals surface area contributed by atoms with Crippen LogP contribution in [0.1, 0.15) is 80.6 Å². The van der Waals surface area contributed by atoms with E-state index in [-0.39, 0.29) is 12.0 Å². The number of nitrogens with zero attached hydrogens (tertiary/aromatic N) is 2. The van der Waals surface area contributed by atoms with Gasteiger partial charge in [0.1, 0.15) is 19.2 Å². The van der Waals surface area contributed by atoms with Crippen molar-refractivity contribution in [3.05, 3.63) is 89.6 Å². The van der Waals surface area contributed by atoms with Crippen LogP contribution < -0.4 is 0 Å². The minimum atomic E-state index is -1.19. The number of quaternary nitrogens is 1. The Balaban J connectivity index is 1.21. The highest BCUT2D eigenvalue weighted by molar-refractivity contribution is 5.30. The molecule has 3 aliphatic heterocycles. The third-order valence-corrected chi connectivity index (χ3v) is 9.63. The molecular formula is C33H43N2O3+. The van der Waals surface area contributed by atoms with Gasteiger partial charge in [-0.2, -0.15) is 0 Å². The molecule has 1 aliphatic carbocycles. The van der Waals surface area contributed by atoms with E-state index in [1.165, 1.54) is 37.7 Å². The highest BCUT2D eigenvalue weighted by Crippen LogP contribution is 2.43. The molecule has 1 saturated carbocycles. The Morgan fingerprint density at radius 3 is 2.24 bits per heavy atom. The SMILES string of the molecule is O[C@](c1ccccc1)(c1ncc(C[N+]23CCC(CC2)C(OCc2ccccc2)C3)o1)C1CCCCCCC1. The van der Waals surface area contributed by atoms with Crippen LogP contribution in [0.5, 0.6) is 0 Å². The molecule has 1 unspecified atom stereocenters. The first-order valence-electron chi connectivity index (χ1n) is 14.9. The van der Waals surface area contributed by atoms with Gasteiger partial charge in [0.15, 0.2) is 11.4 Å². The lowest BCUT2D eigenvalue weighted by Gasteiger charge is -2.52. The third kappa shape index (κ3) is 5.34. The molecule has 4 fully saturated rings. The van der Waals surface area contributed by atoms with Crippen LogP contribution >= 0.6 is 0 Å². The van der Waals surface area contributed by atoms with Crippen LogP contribution in [-0.2, 0) is 23.5 Å². The molecular weight excluding hydrogens is 472 g/mol. The molecule has 0 radical (unpaired) electrons. The highest BCUT2D eigenvalue weighted by Gasteiger charge is 2.48. The van der Waals surface area contributed by atoms with Crippen LogP contribution in [-0.4, -0.2) is 40.3 Å². The first-order valence-corrected chi connectivity index (χ1v) is 14.9. The van der Waals surface area contributed by atoms with E-state index >= 15 is 0 Å². The highest BCUT2D eigenvalue weighted by atomic mass is 16.5. The molecule has 202 valence electrons. The maximum absolute atomic E-state index is 12.4. The average molecular weight is 516 g/mol. The molecule has 5 heteroatoms. The monoisotopic (exact) mass is 515 g/mol. The fourth-order valence-electron chi connectivity index (χ4n) is 7.40. The van der Waals surface area contributed by atoms with Crippen molar-refractivity contribution < 1.29 is 18.7 Å². The predicted molar refractivity (Wildman–Crippen MR) is 148 cm³/mol. The molecule has 2 atom stereocenters. The summed E-state index contributed by atoms with van der Waals surface area (Å²) in [6.07, 6.45) is 12.7. The van der Waals surface area contributed by atoms with Crippen molar-refractivity contribution in [2.45, 2.75) is 82.6 Å². The van der Waals surface area contributed by atoms with Crippen molar-refractivity contribution in [1.29, 1.82) is 0 Å². The Bertz CT molecular complexity index is 1150. The van der Waals surface area contributed by atoms with Gasteiger partial charge in [0.25, 0.3) is 0 Å². The summed E-state index contributed by atoms with van der Waals surface area (Å²) in [5.41, 5.74) is 0.955. The molecule has 2 aromatic carbocycles. The van der Waals surface area contributed by atoms with Crippen LogP contribution in [0.3, 0.4) is 0 Å². The molecule has 5 nitrogen and oxygen atoms in total. The van der Waals surface area contributed by atoms with E-state index in [0.717, 1.165) is 67.7 Å². The molecule has 0 amide bonds. The van der Waals surface area contributed by atoms with E-state index in [4.69, 9.17) is 14.1 Å². The molecule has 2 bridgehead atoms. The summed E-state index contributed by atoms with van der Waals surface area (Å²) in [4.78, 5) is 4.77. The average Bonchev–Trinajstić information content (AvgIpc) is 3.41. The lowest BCUT2D eigenvalue weighted by molar-refractivity contribution is -0.959. The largest absolute Gasteiger partial charge is 0.436 e. The summed E-state index contributed by atoms with van der Waals surface area (Å²) in [5.74, 6) is 2.14. The second-order valence-electron chi connectivity index (χ2n) is 12.1. The number of fused-ring (bicyclic) bond motifs is 3. The summed E-state index contributed by atoms with van der Waals surface area (Å²) in [7, 11) is 0. The number of ether oxygens (including phenoxy) is 1. The van der Waals surface area contributed by atoms with E-state index in [1.54, 1.807) is 0 Å². The lowest BCUT2D eigenvalue weighted by atomic mass is 9.74. The molecule has 4 aliphatic rings. The second kappa shape index (κ2) is 11.3. The van der Waals surface area contributed by atoms with Crippen molar-refractivity contribution in [2.24, 2.45) is 11.8 Å². The summed E-state index contributed by atoms with van der Waals surface area (Å²) in [6.45, 7) is 4.86. The number of rotatable bonds is 8. The Morgan fingerprint density at radius 1 is 0.868 bits per heavy atom. The Morgan fingerprint density at radius 2 is 1.53 bits per heavy atom. The minimum absolute atomic E-state index is 0.116. The molecule has 3 aromatic rings. The summed E-state index contributed by atoms with van der Waals surface area (Å²) in [5, 5.41) is 12.4. The maximum atomic E-state index is 12.4. The van der Waals surface area contributed by atoms with Gasteiger partial charge < -0.3 is 18.7 Å². The van der Waals surface area contributed by atoms with E-state index < -0.39 is 5.60 Å². The lowest BCUT2D eigenvalue weighted by Crippen LogP contribution is -2.63. The standard InChI is InChI=1S/C33H43N2O3/c36-33(29-16-10-5-11-17-29,28-14-8-2-1-3-9-15-28)32-34-22-30(38-32)23-35-20-18-27(19-21-35)31(24-35)37-25-26-12-6-4-7-13-26/h4-7,10-13,16-17,22,27-28,31,36H,1-3,8-9,14-15,18-21,23-25H2/q+1/t27?,31?,33-,35?/m1/s1. The van der Waals surface area contributed by atoms with E-state index in [0.29, 0.717) is 18.4 Å². The maximum Gasteiger partial charge on any atom is 0.231 e. The number of piperidine rings is 3. The first-order chi connectivity index (χ1) is 18.6. The van der Waals surface area contributed by atoms with Crippen molar-refractivity contribution in [1.82, 2.24) is 4.98 Å². The fraction of sp³-hybridized carbons (Fsp3) is 0.545. The molecule has 1 aromatic heterocycles. The van der Waals surface area contributed by atoms with E-state index in [1.807, 2.05) is 36.5 Å². The summed E-state index contributed by atoms with van der Waals surface area (Å²) < 4.78 is 14.0. The first kappa shape index (κ1) is 25.8. The number of hydrogen-bond acceptors (Lipinski definition) is 4. The third-order valence-electron chi connectivity index (χ3n) is 9.63. The zero-order valence-electron chi connectivity index (χ0n) is 22.6. The van der Waals surface area contributed by atoms with Crippen molar-refractivity contribution in [3.63, 3.8) is 0 Å². The van der Waals surface area contributed by atoms with Gasteiger partial charge in [-0.05, 0) is 24.0 Å². The molecule has 0 spiro atoms. The van der Waals surface area contributed by atoms with Crippen LogP contribution in [0, 0.1) is 11.8 Å². The van der Waals surface area contributed by atoms with Crippen LogP contribution in [0.25, 0.3) is 0 Å². The normalized spacial score (nSPS) is 27.9. The van der Waals surface area contributed by atoms with Gasteiger partial charge in [-0.25, -0.2) is 4.98 Å². The fourth-order valence-corrected chi connectivity index (χ4v) is 7.40. The molecule has 38 heavy (non-hydrogen) atoms. The summed E-state index contributed by atoms with van der Waals surface area (Å²) in [6, 6.07) is 20.6. The molecule has 1 N–H and O–H groups in total.